The lowest BCUT2D eigenvalue weighted by molar-refractivity contribution is -0.123. The van der Waals surface area contributed by atoms with E-state index in [0.29, 0.717) is 109 Å². The highest BCUT2D eigenvalue weighted by Gasteiger charge is 2.39. The normalized spacial score (nSPS) is 13.1. The van der Waals surface area contributed by atoms with Crippen LogP contribution in [0.2, 0.25) is 0 Å². The fourth-order valence-corrected chi connectivity index (χ4v) is 11.6. The standard InChI is InChI=1S/C26H25N3O4.C24H21N3O4.C18H18N4O3.C15H12N2O2.C3H8N2O/c1-4-22(33-23-14-9-16(2)15-17(23)3)24(30)27-18-10-12-19(13-11-18)28-29-25(31)20-7-5-6-8-21(20)26(29)32;1-2-21(31-18-8-4-3-5-9-18)22(28)25-16-12-14-17(15-13-16)26-27-23(29)19-10-6-7-11-20(19)24(27)30;1-11(2)19-18(25)20-12-7-9-13(10-8-12)21-22-16(23)14-5-3-4-6-15(14)17(22)24;1-10-6-8-11(9-7-10)16-17-14(18)12-4-2-3-5-13(12)15(17)19;1-3(4)6-5-2/h5-15,22,28H,4H2,1-3H3,(H,27,30);3-15,21,26H,2H2,1H3,(H,25,28);3-11,21H,1-2H3,(H2,19,20,25);2-9,16H,1H3;4-5H,1-2H3. The number of anilines is 7. The van der Waals surface area contributed by atoms with E-state index in [1.54, 1.807) is 196 Å². The van der Waals surface area contributed by atoms with Gasteiger partial charge < -0.3 is 35.6 Å². The number of carbonyl (C=O) groups excluding carboxylic acids is 11. The van der Waals surface area contributed by atoms with Crippen molar-refractivity contribution in [2.24, 2.45) is 0 Å². The Balaban J connectivity index is 0.000000159. The number of hydroxylamine groups is 1. The maximum Gasteiger partial charge on any atom is 0.319 e. The van der Waals surface area contributed by atoms with E-state index in [1.807, 2.05) is 109 Å². The van der Waals surface area contributed by atoms with Crippen LogP contribution >= 0.6 is 0 Å². The number of rotatable bonds is 21. The molecule has 4 aliphatic rings. The van der Waals surface area contributed by atoms with Gasteiger partial charge in [-0.3, -0.25) is 75.1 Å². The lowest BCUT2D eigenvalue weighted by atomic mass is 10.1. The van der Waals surface area contributed by atoms with Crippen molar-refractivity contribution in [1.82, 2.24) is 30.8 Å². The van der Waals surface area contributed by atoms with Crippen molar-refractivity contribution >= 4 is 111 Å². The van der Waals surface area contributed by atoms with E-state index in [0.717, 1.165) is 36.7 Å². The van der Waals surface area contributed by atoms with Crippen LogP contribution in [0.4, 0.5) is 44.6 Å². The number of fused-ring (bicyclic) bond motifs is 4. The zero-order chi connectivity index (χ0) is 81.7. The molecule has 0 fully saturated rings. The van der Waals surface area contributed by atoms with Crippen LogP contribution in [-0.4, -0.2) is 116 Å². The molecule has 0 aromatic heterocycles. The van der Waals surface area contributed by atoms with Crippen LogP contribution in [-0.2, 0) is 14.4 Å². The summed E-state index contributed by atoms with van der Waals surface area (Å²) in [7, 11) is 1.61. The van der Waals surface area contributed by atoms with Crippen molar-refractivity contribution in [2.75, 3.05) is 44.7 Å². The number of benzene rings is 10. The lowest BCUT2D eigenvalue weighted by Gasteiger charge is -2.19. The van der Waals surface area contributed by atoms with E-state index in [4.69, 9.17) is 14.9 Å². The summed E-state index contributed by atoms with van der Waals surface area (Å²) in [6.07, 6.45) is -0.236. The quantitative estimate of drug-likeness (QED) is 0.0138. The smallest absolute Gasteiger partial charge is 0.319 e. The molecule has 10 aromatic carbocycles. The molecule has 0 spiro atoms. The molecule has 28 nitrogen and oxygen atoms in total. The Kier molecular flexibility index (Phi) is 27.3. The molecule has 4 aliphatic heterocycles. The third-order valence-electron chi connectivity index (χ3n) is 17.3. The summed E-state index contributed by atoms with van der Waals surface area (Å²) in [4.78, 5) is 140. The Bertz CT molecular complexity index is 5100. The highest BCUT2D eigenvalue weighted by atomic mass is 16.6. The topological polar surface area (TPSA) is 361 Å². The third kappa shape index (κ3) is 20.6. The predicted octanol–water partition coefficient (Wildman–Crippen LogP) is 14.4. The first-order valence-electron chi connectivity index (χ1n) is 36.2. The van der Waals surface area contributed by atoms with E-state index in [-0.39, 0.29) is 53.4 Å². The predicted molar refractivity (Wildman–Crippen MR) is 433 cm³/mol. The van der Waals surface area contributed by atoms with Gasteiger partial charge in [-0.25, -0.2) is 4.79 Å². The Morgan fingerprint density at radius 2 is 0.649 bits per heavy atom. The number of amides is 12. The number of nitrogens with zero attached hydrogens (tertiary/aromatic N) is 4. The Morgan fingerprint density at radius 3 is 0.930 bits per heavy atom. The molecule has 0 aliphatic carbocycles. The van der Waals surface area contributed by atoms with Gasteiger partial charge in [-0.1, -0.05) is 116 Å². The van der Waals surface area contributed by atoms with E-state index in [1.165, 1.54) is 0 Å². The number of nitrogens with one attached hydrogen (secondary N) is 10. The molecule has 582 valence electrons. The number of hydrogen-bond donors (Lipinski definition) is 10. The number of aryl methyl sites for hydroxylation is 3. The van der Waals surface area contributed by atoms with Crippen molar-refractivity contribution in [3.63, 3.8) is 0 Å². The van der Waals surface area contributed by atoms with Gasteiger partial charge >= 0.3 is 6.03 Å². The SMILES string of the molecule is CC(C)NC(=O)Nc1ccc(NN2C(=O)c3ccccc3C2=O)cc1.CCC(Oc1ccc(C)cc1C)C(=O)Nc1ccc(NN2C(=O)c3ccccc3C2=O)cc1.CCC(Oc1ccccc1)C(=O)Nc1ccc(NN2C(=O)c3ccccc3C2=O)cc1.CNOC(C)=N.Cc1ccc(NN2C(=O)c3ccccc3C2=O)cc1. The average molecular weight is 1540 g/mol. The minimum absolute atomic E-state index is 0.0368. The number of imide groups is 4. The van der Waals surface area contributed by atoms with E-state index < -0.39 is 35.8 Å². The summed E-state index contributed by atoms with van der Waals surface area (Å²) < 4.78 is 11.7. The minimum atomic E-state index is -0.637. The second-order valence-electron chi connectivity index (χ2n) is 26.2. The molecule has 0 radical (unpaired) electrons. The molecule has 28 heteroatoms. The number of ether oxygens (including phenoxy) is 2. The number of para-hydroxylation sites is 1. The first kappa shape index (κ1) is 81.7. The van der Waals surface area contributed by atoms with Crippen molar-refractivity contribution in [3.8, 4) is 11.5 Å². The van der Waals surface area contributed by atoms with Gasteiger partial charge in [0.2, 0.25) is 5.90 Å². The Morgan fingerprint density at radius 1 is 0.368 bits per heavy atom. The van der Waals surface area contributed by atoms with Crippen LogP contribution in [0, 0.1) is 26.2 Å². The second-order valence-corrected chi connectivity index (χ2v) is 26.2. The van der Waals surface area contributed by atoms with Gasteiger partial charge in [0.15, 0.2) is 12.2 Å². The molecule has 14 rings (SSSR count). The molecule has 0 saturated carbocycles. The van der Waals surface area contributed by atoms with Crippen LogP contribution in [0.5, 0.6) is 11.5 Å². The second kappa shape index (κ2) is 38.0. The molecule has 114 heavy (non-hydrogen) atoms. The molecule has 12 amide bonds. The number of carbonyl (C=O) groups is 11. The van der Waals surface area contributed by atoms with Gasteiger partial charge in [-0.15, -0.1) is 0 Å². The number of hydrazine groups is 4. The van der Waals surface area contributed by atoms with Gasteiger partial charge in [-0.05, 0) is 205 Å². The van der Waals surface area contributed by atoms with Crippen molar-refractivity contribution < 1.29 is 67.1 Å². The van der Waals surface area contributed by atoms with Gasteiger partial charge in [0, 0.05) is 37.1 Å². The van der Waals surface area contributed by atoms with Gasteiger partial charge in [0.25, 0.3) is 59.1 Å². The van der Waals surface area contributed by atoms with E-state index in [9.17, 15) is 52.7 Å². The molecular formula is C86H84N14O14. The fourth-order valence-electron chi connectivity index (χ4n) is 11.6. The van der Waals surface area contributed by atoms with Crippen LogP contribution < -0.4 is 57.9 Å². The van der Waals surface area contributed by atoms with Gasteiger partial charge in [0.1, 0.15) is 11.5 Å². The zero-order valence-corrected chi connectivity index (χ0v) is 63.7. The summed E-state index contributed by atoms with van der Waals surface area (Å²) in [6.45, 7) is 15.0. The zero-order valence-electron chi connectivity index (χ0n) is 63.7. The van der Waals surface area contributed by atoms with Gasteiger partial charge in [-0.2, -0.15) is 25.5 Å². The lowest BCUT2D eigenvalue weighted by Crippen LogP contribution is -2.35. The average Bonchev–Trinajstić information content (AvgIpc) is 1.67. The summed E-state index contributed by atoms with van der Waals surface area (Å²) in [6, 6.07) is 69.3. The molecule has 4 heterocycles. The highest BCUT2D eigenvalue weighted by Crippen LogP contribution is 2.30. The first-order valence-corrected chi connectivity index (χ1v) is 36.2. The van der Waals surface area contributed by atoms with Crippen LogP contribution in [0.1, 0.15) is 147 Å². The summed E-state index contributed by atoms with van der Waals surface area (Å²) in [5.74, 6) is -2.04. The minimum Gasteiger partial charge on any atom is -0.481 e. The molecular weight excluding hydrogens is 1450 g/mol. The van der Waals surface area contributed by atoms with Crippen molar-refractivity contribution in [2.45, 2.75) is 86.5 Å². The largest absolute Gasteiger partial charge is 0.481 e. The maximum absolute atomic E-state index is 12.8. The molecule has 2 unspecified atom stereocenters. The fraction of sp³-hybridized carbons (Fsp3) is 0.163. The number of hydrogen-bond acceptors (Lipinski definition) is 20. The van der Waals surface area contributed by atoms with E-state index in [2.05, 4.69) is 53.3 Å². The molecule has 10 aromatic rings. The number of urea groups is 1. The summed E-state index contributed by atoms with van der Waals surface area (Å²) in [5, 5.41) is 21.7. The molecule has 2 atom stereocenters. The third-order valence-corrected chi connectivity index (χ3v) is 17.3. The van der Waals surface area contributed by atoms with Crippen LogP contribution in [0.3, 0.4) is 0 Å². The van der Waals surface area contributed by atoms with Crippen molar-refractivity contribution in [1.29, 1.82) is 5.41 Å². The monoisotopic (exact) mass is 1540 g/mol. The maximum atomic E-state index is 12.8. The highest BCUT2D eigenvalue weighted by molar-refractivity contribution is 6.24. The van der Waals surface area contributed by atoms with Crippen LogP contribution in [0.25, 0.3) is 0 Å². The molecule has 0 saturated heterocycles. The molecule has 0 bridgehead atoms. The van der Waals surface area contributed by atoms with Crippen molar-refractivity contribution in [3.05, 3.63) is 304 Å². The van der Waals surface area contributed by atoms with Crippen LogP contribution in [0.15, 0.2) is 243 Å². The summed E-state index contributed by atoms with van der Waals surface area (Å²) >= 11 is 0. The summed E-state index contributed by atoms with van der Waals surface area (Å²) in [5.41, 5.74) is 24.1. The van der Waals surface area contributed by atoms with Gasteiger partial charge in [0.05, 0.1) is 67.3 Å². The van der Waals surface area contributed by atoms with E-state index >= 15 is 0 Å². The Hall–Kier alpha value is -14.8. The first-order chi connectivity index (χ1) is 54.8. The Labute approximate surface area is 657 Å². The molecule has 10 N–H and O–H groups in total.